The van der Waals surface area contributed by atoms with Crippen LogP contribution in [-0.4, -0.2) is 47.0 Å². The molecule has 0 unspecified atom stereocenters. The number of rotatable bonds is 6. The molecule has 5 heteroatoms. The highest BCUT2D eigenvalue weighted by atomic mass is 35.5. The first-order valence-corrected chi connectivity index (χ1v) is 8.95. The van der Waals surface area contributed by atoms with Gasteiger partial charge in [0.15, 0.2) is 0 Å². The molecule has 142 valence electrons. The fraction of sp³-hybridized carbons (Fsp3) is 0.429. The lowest BCUT2D eigenvalue weighted by Gasteiger charge is -2.38. The van der Waals surface area contributed by atoms with Crippen LogP contribution in [0.4, 0.5) is 0 Å². The Bertz CT molecular complexity index is 665. The van der Waals surface area contributed by atoms with E-state index in [0.717, 1.165) is 44.6 Å². The summed E-state index contributed by atoms with van der Waals surface area (Å²) in [6.07, 6.45) is 2.31. The number of phenolic OH excluding ortho intramolecular Hbond substituents is 1. The van der Waals surface area contributed by atoms with Crippen LogP contribution in [0.25, 0.3) is 0 Å². The van der Waals surface area contributed by atoms with E-state index in [1.54, 1.807) is 24.3 Å². The third-order valence-corrected chi connectivity index (χ3v) is 4.95. The van der Waals surface area contributed by atoms with Crippen molar-refractivity contribution in [1.29, 1.82) is 0 Å². The molecule has 1 aliphatic rings. The first kappa shape index (κ1) is 20.6. The Morgan fingerprint density at radius 1 is 1.00 bits per heavy atom. The number of likely N-dealkylation sites (tertiary alicyclic amines) is 1. The van der Waals surface area contributed by atoms with Gasteiger partial charge in [-0.25, -0.2) is 0 Å². The molecule has 1 fully saturated rings. The SMILES string of the molecule is Cc1ccc(CC2(O)CCN(CCOc3ccc(O)cc3)CC2)cc1.Cl. The van der Waals surface area contributed by atoms with Crippen molar-refractivity contribution in [3.63, 3.8) is 0 Å². The second kappa shape index (κ2) is 9.26. The summed E-state index contributed by atoms with van der Waals surface area (Å²) in [5.41, 5.74) is 1.86. The van der Waals surface area contributed by atoms with Gasteiger partial charge >= 0.3 is 0 Å². The van der Waals surface area contributed by atoms with Gasteiger partial charge in [-0.3, -0.25) is 4.90 Å². The Kier molecular flexibility index (Phi) is 7.33. The van der Waals surface area contributed by atoms with E-state index in [1.807, 2.05) is 0 Å². The summed E-state index contributed by atoms with van der Waals surface area (Å²) < 4.78 is 5.71. The number of aliphatic hydroxyl groups is 1. The molecule has 1 aliphatic heterocycles. The standard InChI is InChI=1S/C21H27NO3.ClH/c1-17-2-4-18(5-3-17)16-21(24)10-12-22(13-11-21)14-15-25-20-8-6-19(23)7-9-20;/h2-9,23-24H,10-16H2,1H3;1H. The Balaban J connectivity index is 0.00000243. The Morgan fingerprint density at radius 2 is 1.62 bits per heavy atom. The van der Waals surface area contributed by atoms with Crippen LogP contribution in [-0.2, 0) is 6.42 Å². The van der Waals surface area contributed by atoms with Gasteiger partial charge in [-0.2, -0.15) is 0 Å². The number of halogens is 1. The zero-order valence-corrected chi connectivity index (χ0v) is 16.0. The lowest BCUT2D eigenvalue weighted by atomic mass is 9.85. The maximum atomic E-state index is 10.9. The molecule has 0 saturated carbocycles. The number of phenols is 1. The van der Waals surface area contributed by atoms with Crippen LogP contribution in [0.15, 0.2) is 48.5 Å². The number of benzene rings is 2. The predicted octanol–water partition coefficient (Wildman–Crippen LogP) is 3.57. The van der Waals surface area contributed by atoms with Crippen molar-refractivity contribution >= 4 is 12.4 Å². The van der Waals surface area contributed by atoms with Crippen LogP contribution in [0.3, 0.4) is 0 Å². The van der Waals surface area contributed by atoms with Crippen molar-refractivity contribution in [1.82, 2.24) is 4.90 Å². The monoisotopic (exact) mass is 377 g/mol. The average molecular weight is 378 g/mol. The van der Waals surface area contributed by atoms with Crippen molar-refractivity contribution in [2.24, 2.45) is 0 Å². The molecular weight excluding hydrogens is 350 g/mol. The molecule has 1 heterocycles. The molecular formula is C21H28ClNO3. The molecule has 0 bridgehead atoms. The maximum absolute atomic E-state index is 10.9. The number of hydrogen-bond donors (Lipinski definition) is 2. The van der Waals surface area contributed by atoms with Crippen molar-refractivity contribution in [3.05, 3.63) is 59.7 Å². The van der Waals surface area contributed by atoms with Gasteiger partial charge in [0, 0.05) is 26.1 Å². The Morgan fingerprint density at radius 3 is 2.23 bits per heavy atom. The minimum atomic E-state index is -0.594. The van der Waals surface area contributed by atoms with Gasteiger partial charge in [-0.1, -0.05) is 29.8 Å². The van der Waals surface area contributed by atoms with E-state index in [4.69, 9.17) is 4.74 Å². The van der Waals surface area contributed by atoms with E-state index in [0.29, 0.717) is 6.61 Å². The largest absolute Gasteiger partial charge is 0.508 e. The second-order valence-electron chi connectivity index (χ2n) is 7.07. The third kappa shape index (κ3) is 5.90. The first-order chi connectivity index (χ1) is 12.0. The van der Waals surface area contributed by atoms with E-state index < -0.39 is 5.60 Å². The van der Waals surface area contributed by atoms with E-state index in [1.165, 1.54) is 11.1 Å². The van der Waals surface area contributed by atoms with Crippen LogP contribution in [0.2, 0.25) is 0 Å². The van der Waals surface area contributed by atoms with Gasteiger partial charge in [-0.05, 0) is 49.6 Å². The van der Waals surface area contributed by atoms with E-state index >= 15 is 0 Å². The molecule has 2 N–H and O–H groups in total. The Labute approximate surface area is 161 Å². The molecule has 0 spiro atoms. The summed E-state index contributed by atoms with van der Waals surface area (Å²) >= 11 is 0. The number of ether oxygens (including phenoxy) is 1. The molecule has 2 aromatic rings. The van der Waals surface area contributed by atoms with Crippen molar-refractivity contribution in [2.75, 3.05) is 26.2 Å². The molecule has 26 heavy (non-hydrogen) atoms. The predicted molar refractivity (Wildman–Crippen MR) is 106 cm³/mol. The summed E-state index contributed by atoms with van der Waals surface area (Å²) in [7, 11) is 0. The van der Waals surface area contributed by atoms with Gasteiger partial charge in [0.05, 0.1) is 5.60 Å². The van der Waals surface area contributed by atoms with Crippen LogP contribution in [0, 0.1) is 6.92 Å². The van der Waals surface area contributed by atoms with Crippen LogP contribution >= 0.6 is 12.4 Å². The summed E-state index contributed by atoms with van der Waals surface area (Å²) in [5, 5.41) is 20.1. The molecule has 1 saturated heterocycles. The fourth-order valence-electron chi connectivity index (χ4n) is 3.29. The fourth-order valence-corrected chi connectivity index (χ4v) is 3.29. The van der Waals surface area contributed by atoms with Crippen molar-refractivity contribution in [3.8, 4) is 11.5 Å². The van der Waals surface area contributed by atoms with Gasteiger partial charge in [0.2, 0.25) is 0 Å². The van der Waals surface area contributed by atoms with Crippen molar-refractivity contribution in [2.45, 2.75) is 31.8 Å². The highest BCUT2D eigenvalue weighted by Gasteiger charge is 2.32. The molecule has 4 nitrogen and oxygen atoms in total. The summed E-state index contributed by atoms with van der Waals surface area (Å²) in [6.45, 7) is 5.32. The topological polar surface area (TPSA) is 52.9 Å². The van der Waals surface area contributed by atoms with Crippen LogP contribution in [0.5, 0.6) is 11.5 Å². The van der Waals surface area contributed by atoms with Crippen LogP contribution < -0.4 is 4.74 Å². The second-order valence-corrected chi connectivity index (χ2v) is 7.07. The van der Waals surface area contributed by atoms with Crippen molar-refractivity contribution < 1.29 is 14.9 Å². The molecule has 0 amide bonds. The van der Waals surface area contributed by atoms with Crippen LogP contribution in [0.1, 0.15) is 24.0 Å². The minimum absolute atomic E-state index is 0. The van der Waals surface area contributed by atoms with E-state index in [-0.39, 0.29) is 18.2 Å². The third-order valence-electron chi connectivity index (χ3n) is 4.95. The molecule has 0 aliphatic carbocycles. The Hall–Kier alpha value is -1.75. The smallest absolute Gasteiger partial charge is 0.119 e. The molecule has 2 aromatic carbocycles. The zero-order valence-electron chi connectivity index (χ0n) is 15.2. The number of aromatic hydroxyl groups is 1. The number of aryl methyl sites for hydroxylation is 1. The van der Waals surface area contributed by atoms with Gasteiger partial charge < -0.3 is 14.9 Å². The molecule has 3 rings (SSSR count). The molecule has 0 atom stereocenters. The van der Waals surface area contributed by atoms with E-state index in [2.05, 4.69) is 36.1 Å². The quantitative estimate of drug-likeness (QED) is 0.808. The summed E-state index contributed by atoms with van der Waals surface area (Å²) in [6, 6.07) is 15.2. The first-order valence-electron chi connectivity index (χ1n) is 8.95. The average Bonchev–Trinajstić information content (AvgIpc) is 2.61. The zero-order chi connectivity index (χ0) is 17.7. The lowest BCUT2D eigenvalue weighted by Crippen LogP contribution is -2.46. The van der Waals surface area contributed by atoms with E-state index in [9.17, 15) is 10.2 Å². The molecule has 0 aromatic heterocycles. The van der Waals surface area contributed by atoms with Gasteiger partial charge in [0.1, 0.15) is 18.1 Å². The van der Waals surface area contributed by atoms with Gasteiger partial charge in [-0.15, -0.1) is 12.4 Å². The summed E-state index contributed by atoms with van der Waals surface area (Å²) in [5.74, 6) is 1.02. The van der Waals surface area contributed by atoms with Gasteiger partial charge in [0.25, 0.3) is 0 Å². The summed E-state index contributed by atoms with van der Waals surface area (Å²) in [4.78, 5) is 2.34. The number of hydrogen-bond acceptors (Lipinski definition) is 4. The normalized spacial score (nSPS) is 16.7. The number of nitrogens with zero attached hydrogens (tertiary/aromatic N) is 1. The highest BCUT2D eigenvalue weighted by Crippen LogP contribution is 2.26. The lowest BCUT2D eigenvalue weighted by molar-refractivity contribution is -0.0226. The maximum Gasteiger partial charge on any atom is 0.119 e. The molecule has 0 radical (unpaired) electrons. The number of piperidine rings is 1. The highest BCUT2D eigenvalue weighted by molar-refractivity contribution is 5.85. The minimum Gasteiger partial charge on any atom is -0.508 e.